The Morgan fingerprint density at radius 1 is 0.960 bits per heavy atom. The maximum Gasteiger partial charge on any atom is 0.224 e. The van der Waals surface area contributed by atoms with E-state index in [1.807, 2.05) is 38.1 Å². The van der Waals surface area contributed by atoms with Crippen LogP contribution in [0.3, 0.4) is 0 Å². The highest BCUT2D eigenvalue weighted by Gasteiger charge is 2.22. The first-order valence-electron chi connectivity index (χ1n) is 8.37. The molecule has 1 unspecified atom stereocenters. The first kappa shape index (κ1) is 18.6. The lowest BCUT2D eigenvalue weighted by Crippen LogP contribution is -2.23. The fourth-order valence-corrected chi connectivity index (χ4v) is 2.62. The number of benzene rings is 2. The van der Waals surface area contributed by atoms with E-state index in [4.69, 9.17) is 0 Å². The molecule has 2 rings (SSSR count). The summed E-state index contributed by atoms with van der Waals surface area (Å²) in [5, 5.41) is 2.82. The largest absolute Gasteiger partial charge is 0.326 e. The Kier molecular flexibility index (Phi) is 6.23. The van der Waals surface area contributed by atoms with Crippen LogP contribution in [-0.2, 0) is 9.59 Å². The Bertz CT molecular complexity index is 781. The maximum absolute atomic E-state index is 12.3. The first-order chi connectivity index (χ1) is 11.9. The highest BCUT2D eigenvalue weighted by atomic mass is 16.2. The van der Waals surface area contributed by atoms with E-state index in [0.29, 0.717) is 5.56 Å². The van der Waals surface area contributed by atoms with Gasteiger partial charge in [-0.1, -0.05) is 48.0 Å². The maximum atomic E-state index is 12.3. The molecule has 4 nitrogen and oxygen atoms in total. The lowest BCUT2D eigenvalue weighted by atomic mass is 9.93. The molecule has 0 heterocycles. The number of rotatable bonds is 7. The SMILES string of the molecule is Cc1ccc(NC(=O)CCC(=O)C(C)C(=O)c2ccccc2)c(C)c1. The smallest absolute Gasteiger partial charge is 0.224 e. The number of Topliss-reactive ketones (excluding diaryl/α,β-unsaturated/α-hetero) is 2. The van der Waals surface area contributed by atoms with Gasteiger partial charge in [0.05, 0.1) is 5.92 Å². The van der Waals surface area contributed by atoms with E-state index in [1.54, 1.807) is 31.2 Å². The molecule has 1 atom stereocenters. The van der Waals surface area contributed by atoms with E-state index in [1.165, 1.54) is 0 Å². The molecule has 130 valence electrons. The minimum atomic E-state index is -0.740. The van der Waals surface area contributed by atoms with Gasteiger partial charge in [-0.15, -0.1) is 0 Å². The van der Waals surface area contributed by atoms with E-state index >= 15 is 0 Å². The van der Waals surface area contributed by atoms with Crippen LogP contribution in [-0.4, -0.2) is 17.5 Å². The Hall–Kier alpha value is -2.75. The molecule has 25 heavy (non-hydrogen) atoms. The zero-order valence-corrected chi connectivity index (χ0v) is 14.8. The number of amides is 1. The molecule has 0 radical (unpaired) electrons. The van der Waals surface area contributed by atoms with Crippen LogP contribution in [0.5, 0.6) is 0 Å². The van der Waals surface area contributed by atoms with Crippen LogP contribution in [0.2, 0.25) is 0 Å². The van der Waals surface area contributed by atoms with Crippen LogP contribution in [0.4, 0.5) is 5.69 Å². The second-order valence-electron chi connectivity index (χ2n) is 6.28. The number of carbonyl (C=O) groups is 3. The topological polar surface area (TPSA) is 63.2 Å². The Morgan fingerprint density at radius 3 is 2.28 bits per heavy atom. The molecule has 2 aromatic carbocycles. The molecule has 0 saturated heterocycles. The molecular weight excluding hydrogens is 314 g/mol. The van der Waals surface area contributed by atoms with Crippen LogP contribution < -0.4 is 5.32 Å². The fraction of sp³-hybridized carbons (Fsp3) is 0.286. The molecule has 0 aliphatic heterocycles. The number of aryl methyl sites for hydroxylation is 2. The van der Waals surface area contributed by atoms with Gasteiger partial charge in [0.25, 0.3) is 0 Å². The van der Waals surface area contributed by atoms with Crippen molar-refractivity contribution in [3.8, 4) is 0 Å². The Balaban J connectivity index is 1.88. The Morgan fingerprint density at radius 2 is 1.64 bits per heavy atom. The van der Waals surface area contributed by atoms with Crippen LogP contribution in [0.15, 0.2) is 48.5 Å². The summed E-state index contributed by atoms with van der Waals surface area (Å²) in [7, 11) is 0. The van der Waals surface area contributed by atoms with Gasteiger partial charge in [-0.25, -0.2) is 0 Å². The average Bonchev–Trinajstić information content (AvgIpc) is 2.61. The van der Waals surface area contributed by atoms with E-state index in [2.05, 4.69) is 5.32 Å². The van der Waals surface area contributed by atoms with Gasteiger partial charge in [0.15, 0.2) is 5.78 Å². The number of hydrogen-bond acceptors (Lipinski definition) is 3. The van der Waals surface area contributed by atoms with Gasteiger partial charge in [-0.3, -0.25) is 14.4 Å². The van der Waals surface area contributed by atoms with Crippen molar-refractivity contribution in [1.82, 2.24) is 0 Å². The molecular formula is C21H23NO3. The molecule has 0 aromatic heterocycles. The third-order valence-electron chi connectivity index (χ3n) is 4.19. The van der Waals surface area contributed by atoms with E-state index < -0.39 is 5.92 Å². The second-order valence-corrected chi connectivity index (χ2v) is 6.28. The fourth-order valence-electron chi connectivity index (χ4n) is 2.62. The number of carbonyl (C=O) groups excluding carboxylic acids is 3. The highest BCUT2D eigenvalue weighted by Crippen LogP contribution is 2.17. The molecule has 0 bridgehead atoms. The normalized spacial score (nSPS) is 11.6. The molecule has 0 fully saturated rings. The molecule has 0 saturated carbocycles. The minimum absolute atomic E-state index is 0.0521. The third-order valence-corrected chi connectivity index (χ3v) is 4.19. The summed E-state index contributed by atoms with van der Waals surface area (Å²) in [5.74, 6) is -1.39. The van der Waals surface area contributed by atoms with E-state index in [-0.39, 0.29) is 30.3 Å². The molecule has 4 heteroatoms. The van der Waals surface area contributed by atoms with Crippen molar-refractivity contribution in [3.05, 3.63) is 65.2 Å². The second kappa shape index (κ2) is 8.38. The molecule has 1 amide bonds. The summed E-state index contributed by atoms with van der Waals surface area (Å²) >= 11 is 0. The van der Waals surface area contributed by atoms with Crippen LogP contribution in [0, 0.1) is 19.8 Å². The number of anilines is 1. The average molecular weight is 337 g/mol. The van der Waals surface area contributed by atoms with E-state index in [0.717, 1.165) is 16.8 Å². The highest BCUT2D eigenvalue weighted by molar-refractivity contribution is 6.11. The van der Waals surface area contributed by atoms with Crippen molar-refractivity contribution in [2.24, 2.45) is 5.92 Å². The molecule has 0 aliphatic rings. The van der Waals surface area contributed by atoms with Gasteiger partial charge in [-0.05, 0) is 32.4 Å². The minimum Gasteiger partial charge on any atom is -0.326 e. The molecule has 2 aromatic rings. The predicted octanol–water partition coefficient (Wildman–Crippen LogP) is 4.11. The van der Waals surface area contributed by atoms with Gasteiger partial charge in [0.2, 0.25) is 5.91 Å². The van der Waals surface area contributed by atoms with Gasteiger partial charge in [0.1, 0.15) is 5.78 Å². The summed E-state index contributed by atoms with van der Waals surface area (Å²) in [6.07, 6.45) is 0.120. The summed E-state index contributed by atoms with van der Waals surface area (Å²) in [4.78, 5) is 36.6. The first-order valence-corrected chi connectivity index (χ1v) is 8.37. The summed E-state index contributed by atoms with van der Waals surface area (Å²) in [6, 6.07) is 14.5. The summed E-state index contributed by atoms with van der Waals surface area (Å²) in [6.45, 7) is 5.51. The van der Waals surface area contributed by atoms with Crippen LogP contribution in [0.1, 0.15) is 41.3 Å². The zero-order valence-electron chi connectivity index (χ0n) is 14.8. The van der Waals surface area contributed by atoms with Gasteiger partial charge >= 0.3 is 0 Å². The lowest BCUT2D eigenvalue weighted by molar-refractivity contribution is -0.124. The molecule has 0 aliphatic carbocycles. The van der Waals surface area contributed by atoms with Crippen molar-refractivity contribution in [1.29, 1.82) is 0 Å². The number of ketones is 2. The van der Waals surface area contributed by atoms with Crippen LogP contribution in [0.25, 0.3) is 0 Å². The zero-order chi connectivity index (χ0) is 18.4. The van der Waals surface area contributed by atoms with Crippen molar-refractivity contribution in [2.45, 2.75) is 33.6 Å². The summed E-state index contributed by atoms with van der Waals surface area (Å²) in [5.41, 5.74) is 3.37. The molecule has 1 N–H and O–H groups in total. The van der Waals surface area contributed by atoms with Gasteiger partial charge in [-0.2, -0.15) is 0 Å². The predicted molar refractivity (Wildman–Crippen MR) is 98.7 cm³/mol. The summed E-state index contributed by atoms with van der Waals surface area (Å²) < 4.78 is 0. The van der Waals surface area contributed by atoms with Gasteiger partial charge < -0.3 is 5.32 Å². The lowest BCUT2D eigenvalue weighted by Gasteiger charge is -2.11. The Labute approximate surface area is 148 Å². The monoisotopic (exact) mass is 337 g/mol. The molecule has 0 spiro atoms. The van der Waals surface area contributed by atoms with Crippen molar-refractivity contribution < 1.29 is 14.4 Å². The third kappa shape index (κ3) is 5.11. The van der Waals surface area contributed by atoms with Crippen molar-refractivity contribution >= 4 is 23.2 Å². The van der Waals surface area contributed by atoms with E-state index in [9.17, 15) is 14.4 Å². The standard InChI is InChI=1S/C21H23NO3/c1-14-9-10-18(15(2)13-14)22-20(24)12-11-19(23)16(3)21(25)17-7-5-4-6-8-17/h4-10,13,16H,11-12H2,1-3H3,(H,22,24). The number of hydrogen-bond donors (Lipinski definition) is 1. The number of nitrogens with one attached hydrogen (secondary N) is 1. The quantitative estimate of drug-likeness (QED) is 0.611. The van der Waals surface area contributed by atoms with Crippen molar-refractivity contribution in [3.63, 3.8) is 0 Å². The van der Waals surface area contributed by atoms with Gasteiger partial charge in [0, 0.05) is 24.1 Å². The van der Waals surface area contributed by atoms with Crippen LogP contribution >= 0.6 is 0 Å². The van der Waals surface area contributed by atoms with Crippen molar-refractivity contribution in [2.75, 3.05) is 5.32 Å².